The van der Waals surface area contributed by atoms with E-state index in [1.807, 2.05) is 18.2 Å². The fourth-order valence-corrected chi connectivity index (χ4v) is 7.79. The summed E-state index contributed by atoms with van der Waals surface area (Å²) < 4.78 is 19.7. The minimum Gasteiger partial charge on any atom is -0.457 e. The molecule has 0 unspecified atom stereocenters. The Labute approximate surface area is 277 Å². The molecule has 0 radical (unpaired) electrons. The second kappa shape index (κ2) is 10.3. The van der Waals surface area contributed by atoms with Crippen LogP contribution >= 0.6 is 0 Å². The molecule has 0 amide bonds. The van der Waals surface area contributed by atoms with Gasteiger partial charge in [-0.2, -0.15) is 0 Å². The van der Waals surface area contributed by atoms with Gasteiger partial charge in [0.2, 0.25) is 0 Å². The Hall–Kier alpha value is -6.32. The van der Waals surface area contributed by atoms with Gasteiger partial charge in [0.1, 0.15) is 34.2 Å². The van der Waals surface area contributed by atoms with Crippen LogP contribution in [0.15, 0.2) is 179 Å². The van der Waals surface area contributed by atoms with E-state index in [9.17, 15) is 0 Å². The summed E-state index contributed by atoms with van der Waals surface area (Å²) in [5.74, 6) is 3.22. The molecule has 48 heavy (non-hydrogen) atoms. The number of hydrogen-bond donors (Lipinski definition) is 0. The maximum absolute atomic E-state index is 6.71. The molecular formula is C45H28O3. The van der Waals surface area contributed by atoms with Crippen LogP contribution in [-0.4, -0.2) is 0 Å². The van der Waals surface area contributed by atoms with Crippen molar-refractivity contribution in [1.29, 1.82) is 0 Å². The van der Waals surface area contributed by atoms with Crippen LogP contribution in [0, 0.1) is 0 Å². The predicted molar refractivity (Wildman–Crippen MR) is 193 cm³/mol. The number of rotatable bonds is 4. The van der Waals surface area contributed by atoms with Gasteiger partial charge in [-0.25, -0.2) is 0 Å². The average Bonchev–Trinajstić information content (AvgIpc) is 3.80. The van der Waals surface area contributed by atoms with Crippen molar-refractivity contribution in [2.24, 2.45) is 0 Å². The molecule has 0 bridgehead atoms. The van der Waals surface area contributed by atoms with Crippen molar-refractivity contribution in [3.63, 3.8) is 0 Å². The fourth-order valence-electron chi connectivity index (χ4n) is 7.79. The summed E-state index contributed by atoms with van der Waals surface area (Å²) in [6, 6.07) is 59.2. The highest BCUT2D eigenvalue weighted by atomic mass is 16.5. The molecule has 9 aromatic rings. The van der Waals surface area contributed by atoms with Gasteiger partial charge in [-0.1, -0.05) is 133 Å². The number of benzene rings is 7. The van der Waals surface area contributed by atoms with Crippen LogP contribution in [0.4, 0.5) is 0 Å². The molecule has 0 atom stereocenters. The number of fused-ring (bicyclic) bond motifs is 7. The summed E-state index contributed by atoms with van der Waals surface area (Å²) in [6.07, 6.45) is 0. The number of furan rings is 2. The summed E-state index contributed by atoms with van der Waals surface area (Å²) in [6.45, 7) is 0. The van der Waals surface area contributed by atoms with Crippen LogP contribution in [0.25, 0.3) is 55.4 Å². The summed E-state index contributed by atoms with van der Waals surface area (Å²) in [4.78, 5) is 0. The molecule has 1 aliphatic heterocycles. The predicted octanol–water partition coefficient (Wildman–Crippen LogP) is 12.2. The maximum atomic E-state index is 6.71. The second-order valence-corrected chi connectivity index (χ2v) is 12.4. The molecule has 3 heterocycles. The third kappa shape index (κ3) is 3.82. The molecule has 0 fully saturated rings. The standard InChI is InChI=1S/C45H28O3/c1-3-13-31(14-4-1)45(32-15-5-2-6-16-32)35-19-9-10-20-39(35)47-42-28-30(22-24-36(42)45)37-26-27-38(46-37)34-18-11-21-40-44(34)43-33-17-8-7-12-29(33)23-25-41(43)48-40/h1-28H. The smallest absolute Gasteiger partial charge is 0.136 e. The molecular weight excluding hydrogens is 588 g/mol. The van der Waals surface area contributed by atoms with E-state index in [-0.39, 0.29) is 0 Å². The lowest BCUT2D eigenvalue weighted by atomic mass is 9.63. The van der Waals surface area contributed by atoms with Crippen LogP contribution in [0.5, 0.6) is 11.5 Å². The van der Waals surface area contributed by atoms with E-state index in [2.05, 4.69) is 152 Å². The van der Waals surface area contributed by atoms with Gasteiger partial charge in [0.05, 0.1) is 5.41 Å². The highest BCUT2D eigenvalue weighted by Gasteiger charge is 2.45. The molecule has 3 heteroatoms. The first-order chi connectivity index (χ1) is 23.8. The lowest BCUT2D eigenvalue weighted by Gasteiger charge is -2.41. The molecule has 7 aromatic carbocycles. The van der Waals surface area contributed by atoms with E-state index in [0.29, 0.717) is 0 Å². The average molecular weight is 617 g/mol. The summed E-state index contributed by atoms with van der Waals surface area (Å²) >= 11 is 0. The molecule has 0 N–H and O–H groups in total. The highest BCUT2D eigenvalue weighted by Crippen LogP contribution is 2.56. The highest BCUT2D eigenvalue weighted by molar-refractivity contribution is 6.22. The van der Waals surface area contributed by atoms with E-state index in [4.69, 9.17) is 13.6 Å². The Kier molecular flexibility index (Phi) is 5.79. The van der Waals surface area contributed by atoms with Gasteiger partial charge in [0.15, 0.2) is 0 Å². The Bertz CT molecular complexity index is 2600. The third-order valence-electron chi connectivity index (χ3n) is 9.85. The monoisotopic (exact) mass is 616 g/mol. The van der Waals surface area contributed by atoms with E-state index >= 15 is 0 Å². The molecule has 226 valence electrons. The van der Waals surface area contributed by atoms with Gasteiger partial charge in [-0.05, 0) is 58.3 Å². The van der Waals surface area contributed by atoms with E-state index in [0.717, 1.165) is 67.2 Å². The molecule has 0 spiro atoms. The molecule has 2 aromatic heterocycles. The molecule has 0 saturated carbocycles. The third-order valence-corrected chi connectivity index (χ3v) is 9.85. The summed E-state index contributed by atoms with van der Waals surface area (Å²) in [5.41, 5.74) is 7.70. The Balaban J connectivity index is 1.15. The second-order valence-electron chi connectivity index (χ2n) is 12.4. The lowest BCUT2D eigenvalue weighted by Crippen LogP contribution is -2.34. The van der Waals surface area contributed by atoms with Gasteiger partial charge in [0, 0.05) is 33.0 Å². The van der Waals surface area contributed by atoms with Crippen LogP contribution in [-0.2, 0) is 5.41 Å². The summed E-state index contributed by atoms with van der Waals surface area (Å²) in [7, 11) is 0. The van der Waals surface area contributed by atoms with Gasteiger partial charge in [0.25, 0.3) is 0 Å². The van der Waals surface area contributed by atoms with Crippen molar-refractivity contribution in [3.8, 4) is 34.1 Å². The largest absolute Gasteiger partial charge is 0.457 e. The van der Waals surface area contributed by atoms with Crippen molar-refractivity contribution in [3.05, 3.63) is 192 Å². The van der Waals surface area contributed by atoms with Crippen molar-refractivity contribution in [1.82, 2.24) is 0 Å². The zero-order valence-electron chi connectivity index (χ0n) is 25.9. The minimum atomic E-state index is -0.555. The lowest BCUT2D eigenvalue weighted by molar-refractivity contribution is 0.434. The number of hydrogen-bond acceptors (Lipinski definition) is 3. The number of para-hydroxylation sites is 1. The van der Waals surface area contributed by atoms with Gasteiger partial charge in [-0.15, -0.1) is 0 Å². The maximum Gasteiger partial charge on any atom is 0.136 e. The zero-order chi connectivity index (χ0) is 31.7. The van der Waals surface area contributed by atoms with Gasteiger partial charge in [-0.3, -0.25) is 0 Å². The normalized spacial score (nSPS) is 13.3. The van der Waals surface area contributed by atoms with Crippen LogP contribution < -0.4 is 4.74 Å². The van der Waals surface area contributed by atoms with Gasteiger partial charge < -0.3 is 13.6 Å². The summed E-state index contributed by atoms with van der Waals surface area (Å²) in [5, 5.41) is 4.52. The first kappa shape index (κ1) is 26.9. The fraction of sp³-hybridized carbons (Fsp3) is 0.0222. The van der Waals surface area contributed by atoms with Crippen molar-refractivity contribution < 1.29 is 13.6 Å². The first-order valence-corrected chi connectivity index (χ1v) is 16.3. The van der Waals surface area contributed by atoms with E-state index < -0.39 is 5.41 Å². The molecule has 10 rings (SSSR count). The van der Waals surface area contributed by atoms with Crippen LogP contribution in [0.3, 0.4) is 0 Å². The zero-order valence-corrected chi connectivity index (χ0v) is 25.9. The van der Waals surface area contributed by atoms with Crippen LogP contribution in [0.1, 0.15) is 22.3 Å². The molecule has 0 aliphatic carbocycles. The quantitative estimate of drug-likeness (QED) is 0.197. The van der Waals surface area contributed by atoms with Crippen molar-refractivity contribution >= 4 is 32.7 Å². The minimum absolute atomic E-state index is 0.555. The van der Waals surface area contributed by atoms with Gasteiger partial charge >= 0.3 is 0 Å². The Morgan fingerprint density at radius 3 is 1.94 bits per heavy atom. The Morgan fingerprint density at radius 2 is 1.10 bits per heavy atom. The van der Waals surface area contributed by atoms with Crippen LogP contribution in [0.2, 0.25) is 0 Å². The molecule has 3 nitrogen and oxygen atoms in total. The first-order valence-electron chi connectivity index (χ1n) is 16.3. The van der Waals surface area contributed by atoms with Crippen molar-refractivity contribution in [2.75, 3.05) is 0 Å². The Morgan fingerprint density at radius 1 is 0.417 bits per heavy atom. The molecule has 0 saturated heterocycles. The van der Waals surface area contributed by atoms with Crippen molar-refractivity contribution in [2.45, 2.75) is 5.41 Å². The topological polar surface area (TPSA) is 35.5 Å². The SMILES string of the molecule is c1ccc(C2(c3ccccc3)c3ccccc3Oc3cc(-c4ccc(-c5cccc6oc7ccc8ccccc8c7c56)o4)ccc32)cc1. The van der Waals surface area contributed by atoms with E-state index in [1.165, 1.54) is 21.9 Å². The number of ether oxygens (including phenoxy) is 1. The van der Waals surface area contributed by atoms with E-state index in [1.54, 1.807) is 0 Å². The molecule has 1 aliphatic rings.